The molecule has 0 aliphatic carbocycles. The summed E-state index contributed by atoms with van der Waals surface area (Å²) in [5.41, 5.74) is 0.433. The second-order valence-electron chi connectivity index (χ2n) is 6.23. The summed E-state index contributed by atoms with van der Waals surface area (Å²) in [5, 5.41) is 7.74. The molecule has 0 bridgehead atoms. The Morgan fingerprint density at radius 2 is 2.00 bits per heavy atom. The van der Waals surface area contributed by atoms with Gasteiger partial charge in [-0.3, -0.25) is 4.99 Å². The van der Waals surface area contributed by atoms with Crippen LogP contribution >= 0.6 is 35.3 Å². The van der Waals surface area contributed by atoms with Crippen LogP contribution in [-0.2, 0) is 6.54 Å². The van der Waals surface area contributed by atoms with Crippen LogP contribution < -0.4 is 10.6 Å². The van der Waals surface area contributed by atoms with Crippen LogP contribution in [-0.4, -0.2) is 24.5 Å². The first-order chi connectivity index (χ1) is 9.40. The van der Waals surface area contributed by atoms with E-state index < -0.39 is 0 Å². The Morgan fingerprint density at radius 1 is 1.29 bits per heavy atom. The van der Waals surface area contributed by atoms with E-state index in [0.29, 0.717) is 5.41 Å². The summed E-state index contributed by atoms with van der Waals surface area (Å²) in [5.74, 6) is 0.855. The number of thiazole rings is 1. The van der Waals surface area contributed by atoms with Crippen LogP contribution in [0.3, 0.4) is 0 Å². The normalized spacial score (nSPS) is 12.0. The molecular formula is C15H29IN4S. The number of rotatable bonds is 6. The average molecular weight is 424 g/mol. The Balaban J connectivity index is 0.00000400. The highest BCUT2D eigenvalue weighted by atomic mass is 127. The molecule has 0 unspecified atom stereocenters. The monoisotopic (exact) mass is 424 g/mol. The summed E-state index contributed by atoms with van der Waals surface area (Å²) in [7, 11) is 1.80. The summed E-state index contributed by atoms with van der Waals surface area (Å²) in [6, 6.07) is 0. The first kappa shape index (κ1) is 20.6. The number of halogens is 1. The smallest absolute Gasteiger partial charge is 0.191 e. The number of aromatic nitrogens is 1. The lowest BCUT2D eigenvalue weighted by atomic mass is 9.90. The van der Waals surface area contributed by atoms with Crippen molar-refractivity contribution in [2.24, 2.45) is 10.4 Å². The number of nitrogens with zero attached hydrogens (tertiary/aromatic N) is 2. The summed E-state index contributed by atoms with van der Waals surface area (Å²) in [6.45, 7) is 10.6. The molecule has 2 N–H and O–H groups in total. The standard InChI is InChI=1S/C15H28N4S.HI/c1-12-10-18-13(20-12)11-19-14(16-5)17-9-7-6-8-15(2,3)4;/h10H,6-9,11H2,1-5H3,(H2,16,17,19);1H. The Kier molecular flexibility index (Phi) is 10.2. The van der Waals surface area contributed by atoms with E-state index in [2.05, 4.69) is 48.3 Å². The highest BCUT2D eigenvalue weighted by molar-refractivity contribution is 14.0. The van der Waals surface area contributed by atoms with Gasteiger partial charge in [0.2, 0.25) is 0 Å². The Bertz CT molecular complexity index is 424. The fourth-order valence-corrected chi connectivity index (χ4v) is 2.58. The van der Waals surface area contributed by atoms with Gasteiger partial charge in [0, 0.05) is 24.7 Å². The van der Waals surface area contributed by atoms with Gasteiger partial charge in [-0.15, -0.1) is 35.3 Å². The number of aryl methyl sites for hydroxylation is 1. The van der Waals surface area contributed by atoms with Crippen LogP contribution in [0.25, 0.3) is 0 Å². The molecule has 0 aliphatic rings. The zero-order valence-electron chi connectivity index (χ0n) is 13.8. The van der Waals surface area contributed by atoms with E-state index in [1.54, 1.807) is 18.4 Å². The molecule has 122 valence electrons. The number of aliphatic imine (C=N–C) groups is 1. The molecule has 0 spiro atoms. The van der Waals surface area contributed by atoms with Gasteiger partial charge < -0.3 is 10.6 Å². The maximum Gasteiger partial charge on any atom is 0.191 e. The summed E-state index contributed by atoms with van der Waals surface area (Å²) in [6.07, 6.45) is 5.59. The fourth-order valence-electron chi connectivity index (χ4n) is 1.85. The Hall–Kier alpha value is -0.370. The number of unbranched alkanes of at least 4 members (excludes halogenated alkanes) is 1. The summed E-state index contributed by atoms with van der Waals surface area (Å²) >= 11 is 1.72. The molecule has 6 heteroatoms. The number of guanidine groups is 1. The van der Waals surface area contributed by atoms with Crippen molar-refractivity contribution in [3.8, 4) is 0 Å². The second kappa shape index (κ2) is 10.4. The lowest BCUT2D eigenvalue weighted by molar-refractivity contribution is 0.360. The topological polar surface area (TPSA) is 49.3 Å². The Labute approximate surface area is 150 Å². The first-order valence-electron chi connectivity index (χ1n) is 7.26. The molecule has 4 nitrogen and oxygen atoms in total. The van der Waals surface area contributed by atoms with E-state index in [0.717, 1.165) is 24.1 Å². The predicted molar refractivity (Wildman–Crippen MR) is 104 cm³/mol. The van der Waals surface area contributed by atoms with Gasteiger partial charge in [-0.25, -0.2) is 4.98 Å². The zero-order valence-corrected chi connectivity index (χ0v) is 17.0. The van der Waals surface area contributed by atoms with Gasteiger partial charge in [-0.1, -0.05) is 27.2 Å². The maximum absolute atomic E-state index is 4.33. The van der Waals surface area contributed by atoms with Gasteiger partial charge in [0.25, 0.3) is 0 Å². The van der Waals surface area contributed by atoms with Crippen molar-refractivity contribution in [3.63, 3.8) is 0 Å². The molecule has 0 aromatic carbocycles. The molecule has 0 atom stereocenters. The van der Waals surface area contributed by atoms with E-state index in [4.69, 9.17) is 0 Å². The summed E-state index contributed by atoms with van der Waals surface area (Å²) in [4.78, 5) is 9.80. The van der Waals surface area contributed by atoms with Crippen LogP contribution in [0.2, 0.25) is 0 Å². The zero-order chi connectivity index (χ0) is 15.0. The molecule has 1 heterocycles. The molecule has 21 heavy (non-hydrogen) atoms. The molecule has 0 aliphatic heterocycles. The van der Waals surface area contributed by atoms with E-state index in [1.165, 1.54) is 24.1 Å². The van der Waals surface area contributed by atoms with E-state index in [-0.39, 0.29) is 24.0 Å². The minimum Gasteiger partial charge on any atom is -0.356 e. The highest BCUT2D eigenvalue weighted by Gasteiger charge is 2.08. The van der Waals surface area contributed by atoms with E-state index in [1.807, 2.05) is 6.20 Å². The Morgan fingerprint density at radius 3 is 2.52 bits per heavy atom. The minimum absolute atomic E-state index is 0. The molecule has 0 saturated heterocycles. The first-order valence-corrected chi connectivity index (χ1v) is 8.08. The highest BCUT2D eigenvalue weighted by Crippen LogP contribution is 2.21. The van der Waals surface area contributed by atoms with Crippen LogP contribution in [0, 0.1) is 12.3 Å². The lowest BCUT2D eigenvalue weighted by Gasteiger charge is -2.18. The van der Waals surface area contributed by atoms with Crippen molar-refractivity contribution >= 4 is 41.3 Å². The van der Waals surface area contributed by atoms with Gasteiger partial charge >= 0.3 is 0 Å². The molecule has 1 rings (SSSR count). The number of hydrogen-bond acceptors (Lipinski definition) is 3. The predicted octanol–water partition coefficient (Wildman–Crippen LogP) is 3.95. The quantitative estimate of drug-likeness (QED) is 0.315. The van der Waals surface area contributed by atoms with Crippen molar-refractivity contribution in [2.45, 2.75) is 53.5 Å². The van der Waals surface area contributed by atoms with Crippen LogP contribution in [0.1, 0.15) is 49.9 Å². The number of hydrogen-bond donors (Lipinski definition) is 2. The fraction of sp³-hybridized carbons (Fsp3) is 0.733. The third kappa shape index (κ3) is 10.1. The van der Waals surface area contributed by atoms with Crippen LogP contribution in [0.4, 0.5) is 0 Å². The van der Waals surface area contributed by atoms with E-state index in [9.17, 15) is 0 Å². The largest absolute Gasteiger partial charge is 0.356 e. The molecule has 1 aromatic rings. The lowest BCUT2D eigenvalue weighted by Crippen LogP contribution is -2.37. The second-order valence-corrected chi connectivity index (χ2v) is 7.55. The van der Waals surface area contributed by atoms with Crippen molar-refractivity contribution < 1.29 is 0 Å². The summed E-state index contributed by atoms with van der Waals surface area (Å²) < 4.78 is 0. The molecule has 0 fully saturated rings. The molecule has 0 amide bonds. The maximum atomic E-state index is 4.33. The molecule has 0 saturated carbocycles. The van der Waals surface area contributed by atoms with E-state index >= 15 is 0 Å². The van der Waals surface area contributed by atoms with Crippen molar-refractivity contribution in [1.82, 2.24) is 15.6 Å². The SMILES string of the molecule is CN=C(NCCCCC(C)(C)C)NCc1ncc(C)s1.I. The van der Waals surface area contributed by atoms with Crippen LogP contribution in [0.5, 0.6) is 0 Å². The molecule has 1 aromatic heterocycles. The van der Waals surface area contributed by atoms with Gasteiger partial charge in [0.15, 0.2) is 5.96 Å². The van der Waals surface area contributed by atoms with Gasteiger partial charge in [0.1, 0.15) is 5.01 Å². The van der Waals surface area contributed by atoms with Crippen LogP contribution in [0.15, 0.2) is 11.2 Å². The van der Waals surface area contributed by atoms with Gasteiger partial charge in [0.05, 0.1) is 6.54 Å². The van der Waals surface area contributed by atoms with Crippen molar-refractivity contribution in [2.75, 3.05) is 13.6 Å². The third-order valence-electron chi connectivity index (χ3n) is 2.95. The van der Waals surface area contributed by atoms with Crippen molar-refractivity contribution in [1.29, 1.82) is 0 Å². The van der Waals surface area contributed by atoms with Gasteiger partial charge in [-0.2, -0.15) is 0 Å². The molecule has 0 radical (unpaired) electrons. The molecular weight excluding hydrogens is 395 g/mol. The third-order valence-corrected chi connectivity index (χ3v) is 3.86. The number of nitrogens with one attached hydrogen (secondary N) is 2. The average Bonchev–Trinajstić information content (AvgIpc) is 2.77. The van der Waals surface area contributed by atoms with Crippen molar-refractivity contribution in [3.05, 3.63) is 16.1 Å². The minimum atomic E-state index is 0. The van der Waals surface area contributed by atoms with Gasteiger partial charge in [-0.05, 0) is 25.2 Å².